The molecule has 0 unspecified atom stereocenters. The predicted molar refractivity (Wildman–Crippen MR) is 147 cm³/mol. The Balaban J connectivity index is 1.43. The Morgan fingerprint density at radius 1 is 0.868 bits per heavy atom. The van der Waals surface area contributed by atoms with Gasteiger partial charge in [0.2, 0.25) is 18.1 Å². The Kier molecular flexibility index (Phi) is 6.02. The van der Waals surface area contributed by atoms with E-state index in [4.69, 9.17) is 32.7 Å². The van der Waals surface area contributed by atoms with Gasteiger partial charge in [-0.05, 0) is 41.1 Å². The van der Waals surface area contributed by atoms with Crippen molar-refractivity contribution in [3.8, 4) is 11.5 Å². The quantitative estimate of drug-likeness (QED) is 0.272. The van der Waals surface area contributed by atoms with Gasteiger partial charge in [0.1, 0.15) is 6.54 Å². The molecule has 0 fully saturated rings. The number of rotatable bonds is 5. The zero-order valence-corrected chi connectivity index (χ0v) is 21.2. The van der Waals surface area contributed by atoms with E-state index in [9.17, 15) is 14.4 Å². The fraction of sp³-hybridized carbons (Fsp3) is 0.0690. The minimum Gasteiger partial charge on any atom is -0.454 e. The topological polar surface area (TPSA) is 86.6 Å². The van der Waals surface area contributed by atoms with E-state index in [2.05, 4.69) is 5.32 Å². The third kappa shape index (κ3) is 4.36. The first-order valence-corrected chi connectivity index (χ1v) is 12.4. The number of hydrogen-bond donors (Lipinski definition) is 1. The van der Waals surface area contributed by atoms with Crippen molar-refractivity contribution in [3.63, 3.8) is 0 Å². The van der Waals surface area contributed by atoms with Gasteiger partial charge < -0.3 is 19.4 Å². The number of anilines is 1. The summed E-state index contributed by atoms with van der Waals surface area (Å²) in [7, 11) is 0. The van der Waals surface area contributed by atoms with Gasteiger partial charge in [-0.1, -0.05) is 59.6 Å². The molecule has 7 nitrogen and oxygen atoms in total. The molecule has 0 atom stereocenters. The molecule has 4 aromatic carbocycles. The molecular weight excluding hydrogens is 527 g/mol. The molecule has 0 radical (unpaired) electrons. The maximum Gasteiger partial charge on any atom is 0.244 e. The molecule has 0 aliphatic carbocycles. The largest absolute Gasteiger partial charge is 0.454 e. The van der Waals surface area contributed by atoms with Gasteiger partial charge in [0.15, 0.2) is 17.3 Å². The second kappa shape index (κ2) is 9.52. The van der Waals surface area contributed by atoms with E-state index < -0.39 is 17.1 Å². The molecule has 2 heterocycles. The Hall–Kier alpha value is -4.33. The smallest absolute Gasteiger partial charge is 0.244 e. The van der Waals surface area contributed by atoms with Crippen LogP contribution in [0.4, 0.5) is 5.69 Å². The highest BCUT2D eigenvalue weighted by atomic mass is 35.5. The molecular formula is C29H18Cl2N2O5. The Bertz CT molecular complexity index is 1850. The Morgan fingerprint density at radius 3 is 2.42 bits per heavy atom. The molecule has 0 spiro atoms. The highest BCUT2D eigenvalue weighted by molar-refractivity contribution is 6.42. The molecule has 5 aromatic rings. The number of aromatic nitrogens is 1. The zero-order chi connectivity index (χ0) is 26.4. The first-order valence-electron chi connectivity index (χ1n) is 11.6. The monoisotopic (exact) mass is 544 g/mol. The lowest BCUT2D eigenvalue weighted by Gasteiger charge is -2.14. The fourth-order valence-corrected chi connectivity index (χ4v) is 4.79. The summed E-state index contributed by atoms with van der Waals surface area (Å²) in [6.07, 6.45) is 1.42. The number of amides is 1. The molecule has 1 N–H and O–H groups in total. The highest BCUT2D eigenvalue weighted by Gasteiger charge is 2.22. The van der Waals surface area contributed by atoms with Gasteiger partial charge in [0.05, 0.1) is 26.5 Å². The summed E-state index contributed by atoms with van der Waals surface area (Å²) >= 11 is 12.0. The molecule has 38 heavy (non-hydrogen) atoms. The van der Waals surface area contributed by atoms with Crippen molar-refractivity contribution in [1.82, 2.24) is 4.57 Å². The van der Waals surface area contributed by atoms with Crippen molar-refractivity contribution in [2.75, 3.05) is 12.1 Å². The number of pyridine rings is 1. The van der Waals surface area contributed by atoms with Crippen LogP contribution in [-0.4, -0.2) is 23.1 Å². The molecule has 188 valence electrons. The number of nitrogens with one attached hydrogen (secondary N) is 1. The number of hydrogen-bond acceptors (Lipinski definition) is 5. The van der Waals surface area contributed by atoms with E-state index in [1.807, 2.05) is 30.3 Å². The van der Waals surface area contributed by atoms with Gasteiger partial charge in [-0.25, -0.2) is 0 Å². The molecule has 0 saturated carbocycles. The number of ether oxygens (including phenoxy) is 2. The van der Waals surface area contributed by atoms with Crippen molar-refractivity contribution in [2.24, 2.45) is 0 Å². The third-order valence-electron chi connectivity index (χ3n) is 6.35. The summed E-state index contributed by atoms with van der Waals surface area (Å²) in [5.74, 6) is 0.00919. The second-order valence-electron chi connectivity index (χ2n) is 8.79. The van der Waals surface area contributed by atoms with Crippen LogP contribution in [0.15, 0.2) is 83.8 Å². The highest BCUT2D eigenvalue weighted by Crippen LogP contribution is 2.35. The van der Waals surface area contributed by atoms with Gasteiger partial charge in [0.25, 0.3) is 0 Å². The maximum atomic E-state index is 13.6. The molecule has 1 aromatic heterocycles. The SMILES string of the molecule is O=C(Cn1cc(C(=O)c2ccc3ccccc3c2)c(=O)c2cc3c(cc21)OCO3)Nc1ccc(Cl)c(Cl)c1. The fourth-order valence-electron chi connectivity index (χ4n) is 4.49. The minimum absolute atomic E-state index is 0.0144. The average molecular weight is 545 g/mol. The van der Waals surface area contributed by atoms with Crippen molar-refractivity contribution >= 4 is 62.3 Å². The Morgan fingerprint density at radius 2 is 1.63 bits per heavy atom. The number of ketones is 1. The lowest BCUT2D eigenvalue weighted by atomic mass is 9.99. The Labute approximate surface area is 226 Å². The van der Waals surface area contributed by atoms with Crippen LogP contribution in [0.1, 0.15) is 15.9 Å². The van der Waals surface area contributed by atoms with E-state index in [-0.39, 0.29) is 24.3 Å². The van der Waals surface area contributed by atoms with E-state index >= 15 is 0 Å². The molecule has 0 bridgehead atoms. The normalized spacial score (nSPS) is 12.2. The van der Waals surface area contributed by atoms with Gasteiger partial charge in [0, 0.05) is 23.5 Å². The number of halogens is 2. The van der Waals surface area contributed by atoms with Crippen molar-refractivity contribution < 1.29 is 19.1 Å². The molecule has 0 saturated heterocycles. The maximum absolute atomic E-state index is 13.6. The van der Waals surface area contributed by atoms with Crippen LogP contribution in [0.3, 0.4) is 0 Å². The van der Waals surface area contributed by atoms with Gasteiger partial charge in [-0.15, -0.1) is 0 Å². The van der Waals surface area contributed by atoms with Crippen LogP contribution in [0, 0.1) is 0 Å². The summed E-state index contributed by atoms with van der Waals surface area (Å²) in [6, 6.07) is 20.9. The summed E-state index contributed by atoms with van der Waals surface area (Å²) in [4.78, 5) is 40.1. The van der Waals surface area contributed by atoms with Crippen molar-refractivity contribution in [1.29, 1.82) is 0 Å². The first kappa shape index (κ1) is 24.0. The summed E-state index contributed by atoms with van der Waals surface area (Å²) < 4.78 is 12.5. The van der Waals surface area contributed by atoms with E-state index in [0.29, 0.717) is 38.3 Å². The molecule has 1 amide bonds. The lowest BCUT2D eigenvalue weighted by Crippen LogP contribution is -2.24. The molecule has 1 aliphatic rings. The van der Waals surface area contributed by atoms with Gasteiger partial charge in [-0.2, -0.15) is 0 Å². The van der Waals surface area contributed by atoms with Crippen LogP contribution < -0.4 is 20.2 Å². The molecule has 1 aliphatic heterocycles. The average Bonchev–Trinajstić information content (AvgIpc) is 3.38. The van der Waals surface area contributed by atoms with E-state index in [1.165, 1.54) is 12.3 Å². The second-order valence-corrected chi connectivity index (χ2v) is 9.60. The van der Waals surface area contributed by atoms with Crippen LogP contribution in [0.5, 0.6) is 11.5 Å². The van der Waals surface area contributed by atoms with E-state index in [1.54, 1.807) is 41.0 Å². The summed E-state index contributed by atoms with van der Waals surface area (Å²) in [5.41, 5.74) is 0.734. The molecule has 6 rings (SSSR count). The summed E-state index contributed by atoms with van der Waals surface area (Å²) in [5, 5.41) is 5.53. The standard InChI is InChI=1S/C29H18Cl2N2O5/c30-22-8-7-19(10-23(22)31)32-27(34)14-33-13-21(28(35)18-6-5-16-3-1-2-4-17(16)9-18)29(36)20-11-25-26(12-24(20)33)38-15-37-25/h1-13H,14-15H2,(H,32,34). The van der Waals surface area contributed by atoms with Crippen molar-refractivity contribution in [2.45, 2.75) is 6.54 Å². The number of nitrogens with zero attached hydrogens (tertiary/aromatic N) is 1. The van der Waals surface area contributed by atoms with Crippen LogP contribution in [0.25, 0.3) is 21.7 Å². The first-order chi connectivity index (χ1) is 18.4. The number of benzene rings is 4. The van der Waals surface area contributed by atoms with Crippen molar-refractivity contribution in [3.05, 3.63) is 110 Å². The van der Waals surface area contributed by atoms with Crippen LogP contribution >= 0.6 is 23.2 Å². The minimum atomic E-state index is -0.461. The zero-order valence-electron chi connectivity index (χ0n) is 19.7. The number of carbonyl (C=O) groups is 2. The number of fused-ring (bicyclic) bond motifs is 3. The van der Waals surface area contributed by atoms with Gasteiger partial charge >= 0.3 is 0 Å². The summed E-state index contributed by atoms with van der Waals surface area (Å²) in [6.45, 7) is -0.171. The lowest BCUT2D eigenvalue weighted by molar-refractivity contribution is -0.116. The number of carbonyl (C=O) groups excluding carboxylic acids is 2. The van der Waals surface area contributed by atoms with Crippen LogP contribution in [0.2, 0.25) is 10.0 Å². The molecule has 9 heteroatoms. The van der Waals surface area contributed by atoms with E-state index in [0.717, 1.165) is 10.8 Å². The predicted octanol–water partition coefficient (Wildman–Crippen LogP) is 6.06. The van der Waals surface area contributed by atoms with Gasteiger partial charge in [-0.3, -0.25) is 14.4 Å². The van der Waals surface area contributed by atoms with Crippen LogP contribution in [-0.2, 0) is 11.3 Å². The third-order valence-corrected chi connectivity index (χ3v) is 7.09.